The fourth-order valence-corrected chi connectivity index (χ4v) is 5.78. The van der Waals surface area contributed by atoms with Gasteiger partial charge in [0.05, 0.1) is 0 Å². The zero-order chi connectivity index (χ0) is 29.2. The van der Waals surface area contributed by atoms with Crippen LogP contribution in [0.2, 0.25) is 0 Å². The molecule has 3 heteroatoms. The number of aldehydes is 1. The summed E-state index contributed by atoms with van der Waals surface area (Å²) in [6, 6.07) is 0. The third-order valence-corrected chi connectivity index (χ3v) is 8.52. The second-order valence-corrected chi connectivity index (χ2v) is 12.6. The largest absolute Gasteiger partial charge is 0.462 e. The molecular weight excluding hydrogens is 492 g/mol. The number of carbonyl (C=O) groups is 2. The van der Waals surface area contributed by atoms with Crippen molar-refractivity contribution in [3.05, 3.63) is 0 Å². The number of hydrogen-bond acceptors (Lipinski definition) is 3. The van der Waals surface area contributed by atoms with Crippen LogP contribution in [-0.4, -0.2) is 18.4 Å². The Morgan fingerprint density at radius 2 is 0.775 bits per heavy atom. The number of rotatable bonds is 34. The first-order chi connectivity index (χ1) is 19.7. The van der Waals surface area contributed by atoms with Crippen molar-refractivity contribution < 1.29 is 14.3 Å². The quantitative estimate of drug-likeness (QED) is 0.0443. The zero-order valence-corrected chi connectivity index (χ0v) is 27.5. The van der Waals surface area contributed by atoms with Crippen molar-refractivity contribution in [1.29, 1.82) is 0 Å². The molecular formula is C37H72O3. The third-order valence-electron chi connectivity index (χ3n) is 8.52. The maximum atomic E-state index is 12.2. The lowest BCUT2D eigenvalue weighted by Gasteiger charge is -2.15. The van der Waals surface area contributed by atoms with Crippen LogP contribution in [-0.2, 0) is 14.3 Å². The highest BCUT2D eigenvalue weighted by Crippen LogP contribution is 2.17. The summed E-state index contributed by atoms with van der Waals surface area (Å²) < 4.78 is 5.62. The van der Waals surface area contributed by atoms with Crippen molar-refractivity contribution in [1.82, 2.24) is 0 Å². The van der Waals surface area contributed by atoms with Crippen LogP contribution < -0.4 is 0 Å². The lowest BCUT2D eigenvalue weighted by atomic mass is 10.0. The van der Waals surface area contributed by atoms with Crippen molar-refractivity contribution in [3.63, 3.8) is 0 Å². The Balaban J connectivity index is 3.40. The van der Waals surface area contributed by atoms with E-state index in [1.807, 2.05) is 0 Å². The highest BCUT2D eigenvalue weighted by atomic mass is 16.5. The average molecular weight is 565 g/mol. The molecule has 0 saturated heterocycles. The van der Waals surface area contributed by atoms with Gasteiger partial charge in [0, 0.05) is 12.8 Å². The van der Waals surface area contributed by atoms with Crippen molar-refractivity contribution in [3.8, 4) is 0 Å². The molecule has 0 bridgehead atoms. The second-order valence-electron chi connectivity index (χ2n) is 12.6. The molecule has 1 unspecified atom stereocenters. The van der Waals surface area contributed by atoms with Gasteiger partial charge in [-0.1, -0.05) is 187 Å². The van der Waals surface area contributed by atoms with E-state index >= 15 is 0 Å². The molecule has 0 rings (SSSR count). The van der Waals surface area contributed by atoms with Gasteiger partial charge in [-0.25, -0.2) is 0 Å². The Morgan fingerprint density at radius 3 is 1.10 bits per heavy atom. The van der Waals surface area contributed by atoms with Crippen LogP contribution in [0.25, 0.3) is 0 Å². The molecule has 0 N–H and O–H groups in total. The molecule has 0 spiro atoms. The van der Waals surface area contributed by atoms with Gasteiger partial charge in [-0.3, -0.25) is 4.79 Å². The van der Waals surface area contributed by atoms with Gasteiger partial charge < -0.3 is 9.53 Å². The molecule has 0 amide bonds. The molecule has 40 heavy (non-hydrogen) atoms. The molecule has 0 aliphatic rings. The van der Waals surface area contributed by atoms with E-state index in [-0.39, 0.29) is 12.1 Å². The van der Waals surface area contributed by atoms with Crippen molar-refractivity contribution >= 4 is 12.3 Å². The van der Waals surface area contributed by atoms with Gasteiger partial charge in [0.15, 0.2) is 0 Å². The van der Waals surface area contributed by atoms with Gasteiger partial charge in [0.25, 0.3) is 0 Å². The third kappa shape index (κ3) is 31.7. The summed E-state index contributed by atoms with van der Waals surface area (Å²) in [6.45, 7) is 4.54. The maximum Gasteiger partial charge on any atom is 0.306 e. The smallest absolute Gasteiger partial charge is 0.306 e. The van der Waals surface area contributed by atoms with E-state index in [1.165, 1.54) is 167 Å². The molecule has 0 aromatic heterocycles. The van der Waals surface area contributed by atoms with Gasteiger partial charge in [-0.05, 0) is 19.3 Å². The summed E-state index contributed by atoms with van der Waals surface area (Å²) in [5.74, 6) is -0.107. The van der Waals surface area contributed by atoms with Crippen LogP contribution in [0, 0.1) is 0 Å². The van der Waals surface area contributed by atoms with E-state index in [1.54, 1.807) is 0 Å². The Hall–Kier alpha value is -0.860. The number of hydrogen-bond donors (Lipinski definition) is 0. The summed E-state index contributed by atoms with van der Waals surface area (Å²) >= 11 is 0. The van der Waals surface area contributed by atoms with E-state index in [0.29, 0.717) is 12.8 Å². The average Bonchev–Trinajstić information content (AvgIpc) is 2.95. The van der Waals surface area contributed by atoms with Gasteiger partial charge in [-0.15, -0.1) is 0 Å². The lowest BCUT2D eigenvalue weighted by molar-refractivity contribution is -0.150. The summed E-state index contributed by atoms with van der Waals surface area (Å²) in [7, 11) is 0. The second kappa shape index (κ2) is 34.3. The minimum Gasteiger partial charge on any atom is -0.462 e. The van der Waals surface area contributed by atoms with E-state index in [0.717, 1.165) is 32.0 Å². The fourth-order valence-electron chi connectivity index (χ4n) is 5.78. The van der Waals surface area contributed by atoms with Crippen LogP contribution in [0.3, 0.4) is 0 Å². The Bertz CT molecular complexity index is 504. The molecule has 0 aliphatic heterocycles. The summed E-state index contributed by atoms with van der Waals surface area (Å²) in [4.78, 5) is 23.2. The van der Waals surface area contributed by atoms with Crippen LogP contribution in [0.15, 0.2) is 0 Å². The highest BCUT2D eigenvalue weighted by Gasteiger charge is 2.13. The molecule has 0 heterocycles. The predicted molar refractivity (Wildman–Crippen MR) is 175 cm³/mol. The molecule has 0 radical (unpaired) electrons. The van der Waals surface area contributed by atoms with Gasteiger partial charge in [0.2, 0.25) is 0 Å². The standard InChI is InChI=1S/C37H72O3/c1-3-5-7-9-11-13-14-15-16-17-18-19-20-21-22-23-24-25-27-29-31-33-37(39)40-36(34-35-38)32-30-28-26-12-10-8-6-4-2/h35-36H,3-34H2,1-2H3. The Labute approximate surface area is 251 Å². The number of ether oxygens (including phenoxy) is 1. The Morgan fingerprint density at radius 1 is 0.475 bits per heavy atom. The molecule has 0 aliphatic carbocycles. The number of esters is 1. The van der Waals surface area contributed by atoms with E-state index in [9.17, 15) is 9.59 Å². The SMILES string of the molecule is CCCCCCCCCCCCCCCCCCCCCCCC(=O)OC(CC=O)CCCCCCCCCC. The minimum absolute atomic E-state index is 0.107. The lowest BCUT2D eigenvalue weighted by Crippen LogP contribution is -2.18. The first-order valence-corrected chi connectivity index (χ1v) is 18.4. The van der Waals surface area contributed by atoms with Crippen LogP contribution in [0.5, 0.6) is 0 Å². The number of carbonyl (C=O) groups excluding carboxylic acids is 2. The van der Waals surface area contributed by atoms with Crippen molar-refractivity contribution in [2.75, 3.05) is 0 Å². The summed E-state index contributed by atoms with van der Waals surface area (Å²) in [6.07, 6.45) is 41.2. The molecule has 0 aromatic carbocycles. The van der Waals surface area contributed by atoms with Gasteiger partial charge in [-0.2, -0.15) is 0 Å². The molecule has 1 atom stereocenters. The molecule has 0 aromatic rings. The molecule has 0 saturated carbocycles. The van der Waals surface area contributed by atoms with Crippen molar-refractivity contribution in [2.24, 2.45) is 0 Å². The van der Waals surface area contributed by atoms with Gasteiger partial charge >= 0.3 is 5.97 Å². The van der Waals surface area contributed by atoms with Gasteiger partial charge in [0.1, 0.15) is 12.4 Å². The molecule has 238 valence electrons. The highest BCUT2D eigenvalue weighted by molar-refractivity contribution is 5.69. The minimum atomic E-state index is -0.208. The van der Waals surface area contributed by atoms with E-state index < -0.39 is 0 Å². The van der Waals surface area contributed by atoms with E-state index in [2.05, 4.69) is 13.8 Å². The first kappa shape index (κ1) is 39.1. The normalized spacial score (nSPS) is 12.1. The summed E-state index contributed by atoms with van der Waals surface area (Å²) in [5.41, 5.74) is 0. The molecule has 0 fully saturated rings. The van der Waals surface area contributed by atoms with Crippen LogP contribution >= 0.6 is 0 Å². The predicted octanol–water partition coefficient (Wildman–Crippen LogP) is 12.6. The maximum absolute atomic E-state index is 12.2. The van der Waals surface area contributed by atoms with Crippen LogP contribution in [0.4, 0.5) is 0 Å². The topological polar surface area (TPSA) is 43.4 Å². The zero-order valence-electron chi connectivity index (χ0n) is 27.5. The number of unbranched alkanes of at least 4 members (excludes halogenated alkanes) is 27. The molecule has 3 nitrogen and oxygen atoms in total. The first-order valence-electron chi connectivity index (χ1n) is 18.4. The van der Waals surface area contributed by atoms with Crippen LogP contribution in [0.1, 0.15) is 219 Å². The van der Waals surface area contributed by atoms with Crippen molar-refractivity contribution in [2.45, 2.75) is 225 Å². The van der Waals surface area contributed by atoms with E-state index in [4.69, 9.17) is 4.74 Å². The monoisotopic (exact) mass is 565 g/mol. The summed E-state index contributed by atoms with van der Waals surface area (Å²) in [5, 5.41) is 0. The Kier molecular flexibility index (Phi) is 33.6. The fraction of sp³-hybridized carbons (Fsp3) is 0.946.